The number of hydrogen-bond donors (Lipinski definition) is 0. The Hall–Kier alpha value is -7.92. The number of allylic oxidation sites excluding steroid dienone is 2. The Morgan fingerprint density at radius 2 is 1.03 bits per heavy atom. The van der Waals surface area contributed by atoms with Crippen molar-refractivity contribution in [3.8, 4) is 28.0 Å². The van der Waals surface area contributed by atoms with E-state index < -0.39 is 5.41 Å². The lowest BCUT2D eigenvalue weighted by Gasteiger charge is -2.41. The van der Waals surface area contributed by atoms with Gasteiger partial charge in [0.25, 0.3) is 0 Å². The van der Waals surface area contributed by atoms with E-state index in [4.69, 9.17) is 4.74 Å². The third-order valence-corrected chi connectivity index (χ3v) is 14.3. The summed E-state index contributed by atoms with van der Waals surface area (Å²) in [5.41, 5.74) is 15.9. The largest absolute Gasteiger partial charge is 0.489 e. The van der Waals surface area contributed by atoms with Crippen molar-refractivity contribution >= 4 is 59.9 Å². The van der Waals surface area contributed by atoms with Gasteiger partial charge < -0.3 is 14.5 Å². The molecule has 4 heteroatoms. The fourth-order valence-corrected chi connectivity index (χ4v) is 11.6. The SMILES string of the molecule is C/C=C(\C=C1/COc2ccccc2C12c1ccccc1-c1ccccc12)N(c1ccccc1)c1cc(-c2ccc(N(c3ccccc3)c3ccccc3)cc2)c2c(c1)sc1ccccc12. The quantitative estimate of drug-likeness (QED) is 0.151. The molecule has 0 amide bonds. The molecule has 0 saturated heterocycles. The molecule has 65 heavy (non-hydrogen) atoms. The van der Waals surface area contributed by atoms with Gasteiger partial charge in [-0.2, -0.15) is 0 Å². The Morgan fingerprint density at radius 3 is 1.68 bits per heavy atom. The molecule has 12 rings (SSSR count). The van der Waals surface area contributed by atoms with Gasteiger partial charge >= 0.3 is 0 Å². The number of nitrogens with zero attached hydrogens (tertiary/aromatic N) is 2. The van der Waals surface area contributed by atoms with Crippen LogP contribution < -0.4 is 14.5 Å². The third kappa shape index (κ3) is 6.32. The fourth-order valence-electron chi connectivity index (χ4n) is 10.4. The van der Waals surface area contributed by atoms with Crippen molar-refractivity contribution < 1.29 is 4.74 Å². The molecule has 3 nitrogen and oxygen atoms in total. The summed E-state index contributed by atoms with van der Waals surface area (Å²) in [6.07, 6.45) is 4.67. The van der Waals surface area contributed by atoms with E-state index in [9.17, 15) is 0 Å². The molecule has 9 aromatic carbocycles. The van der Waals surface area contributed by atoms with Gasteiger partial charge in [0, 0.05) is 59.9 Å². The van der Waals surface area contributed by atoms with E-state index in [2.05, 4.69) is 253 Å². The number of anilines is 5. The van der Waals surface area contributed by atoms with Gasteiger partial charge in [0.05, 0.1) is 5.41 Å². The zero-order chi connectivity index (χ0) is 43.3. The molecule has 0 radical (unpaired) electrons. The predicted octanol–water partition coefficient (Wildman–Crippen LogP) is 16.6. The van der Waals surface area contributed by atoms with Crippen LogP contribution in [0.4, 0.5) is 28.4 Å². The summed E-state index contributed by atoms with van der Waals surface area (Å²) in [4.78, 5) is 4.75. The maximum atomic E-state index is 6.72. The average Bonchev–Trinajstić information content (AvgIpc) is 3.90. The first kappa shape index (κ1) is 38.7. The van der Waals surface area contributed by atoms with Gasteiger partial charge in [0.2, 0.25) is 0 Å². The van der Waals surface area contributed by atoms with Crippen molar-refractivity contribution in [3.05, 3.63) is 265 Å². The van der Waals surface area contributed by atoms with E-state index in [1.807, 2.05) is 11.3 Å². The van der Waals surface area contributed by atoms with Gasteiger partial charge in [-0.15, -0.1) is 11.3 Å². The Balaban J connectivity index is 1.05. The molecule has 0 unspecified atom stereocenters. The molecule has 0 N–H and O–H groups in total. The minimum atomic E-state index is -0.533. The number of ether oxygens (including phenoxy) is 1. The van der Waals surface area contributed by atoms with Crippen molar-refractivity contribution in [1.29, 1.82) is 0 Å². The van der Waals surface area contributed by atoms with Gasteiger partial charge in [0.1, 0.15) is 12.4 Å². The van der Waals surface area contributed by atoms with Crippen LogP contribution in [0.15, 0.2) is 248 Å². The number of benzene rings is 9. The highest BCUT2D eigenvalue weighted by molar-refractivity contribution is 7.26. The fraction of sp³-hybridized carbons (Fsp3) is 0.0492. The van der Waals surface area contributed by atoms with Crippen LogP contribution in [0.2, 0.25) is 0 Å². The second kappa shape index (κ2) is 16.0. The lowest BCUT2D eigenvalue weighted by atomic mass is 9.66. The molecule has 0 bridgehead atoms. The van der Waals surface area contributed by atoms with Crippen LogP contribution in [0, 0.1) is 0 Å². The van der Waals surface area contributed by atoms with Gasteiger partial charge in [-0.3, -0.25) is 0 Å². The maximum Gasteiger partial charge on any atom is 0.124 e. The minimum absolute atomic E-state index is 0.454. The molecule has 2 aliphatic rings. The lowest BCUT2D eigenvalue weighted by molar-refractivity contribution is 0.310. The molecule has 2 heterocycles. The molecule has 0 fully saturated rings. The first-order valence-electron chi connectivity index (χ1n) is 22.3. The van der Waals surface area contributed by atoms with E-state index in [1.165, 1.54) is 59.1 Å². The summed E-state index contributed by atoms with van der Waals surface area (Å²) in [6, 6.07) is 81.3. The molecule has 0 saturated carbocycles. The number of fused-ring (bicyclic) bond motifs is 10. The molecule has 1 spiro atoms. The zero-order valence-corrected chi connectivity index (χ0v) is 36.8. The first-order valence-corrected chi connectivity index (χ1v) is 23.1. The van der Waals surface area contributed by atoms with Crippen molar-refractivity contribution in [2.45, 2.75) is 12.3 Å². The maximum absolute atomic E-state index is 6.72. The van der Waals surface area contributed by atoms with Gasteiger partial charge in [-0.25, -0.2) is 0 Å². The summed E-state index contributed by atoms with van der Waals surface area (Å²) >= 11 is 1.86. The van der Waals surface area contributed by atoms with Crippen molar-refractivity contribution in [1.82, 2.24) is 0 Å². The van der Waals surface area contributed by atoms with E-state index >= 15 is 0 Å². The molecule has 10 aromatic rings. The predicted molar refractivity (Wildman–Crippen MR) is 274 cm³/mol. The van der Waals surface area contributed by atoms with E-state index in [0.717, 1.165) is 45.4 Å². The second-order valence-electron chi connectivity index (χ2n) is 16.7. The van der Waals surface area contributed by atoms with Crippen LogP contribution in [0.5, 0.6) is 5.75 Å². The van der Waals surface area contributed by atoms with E-state index in [-0.39, 0.29) is 0 Å². The van der Waals surface area contributed by atoms with E-state index in [1.54, 1.807) is 0 Å². The average molecular weight is 853 g/mol. The number of rotatable bonds is 8. The molecular weight excluding hydrogens is 809 g/mol. The van der Waals surface area contributed by atoms with Crippen LogP contribution in [-0.2, 0) is 5.41 Å². The van der Waals surface area contributed by atoms with Gasteiger partial charge in [0.15, 0.2) is 0 Å². The third-order valence-electron chi connectivity index (χ3n) is 13.2. The molecule has 1 aliphatic carbocycles. The van der Waals surface area contributed by atoms with E-state index in [0.29, 0.717) is 6.61 Å². The Kier molecular flexibility index (Phi) is 9.54. The summed E-state index contributed by atoms with van der Waals surface area (Å²) < 4.78 is 9.24. The van der Waals surface area contributed by atoms with Crippen LogP contribution in [0.3, 0.4) is 0 Å². The Labute approximate surface area is 384 Å². The van der Waals surface area contributed by atoms with Crippen molar-refractivity contribution in [2.24, 2.45) is 0 Å². The molecular formula is C61H44N2OS. The summed E-state index contributed by atoms with van der Waals surface area (Å²) in [7, 11) is 0. The smallest absolute Gasteiger partial charge is 0.124 e. The van der Waals surface area contributed by atoms with Crippen molar-refractivity contribution in [3.63, 3.8) is 0 Å². The second-order valence-corrected chi connectivity index (χ2v) is 17.8. The molecule has 0 atom stereocenters. The van der Waals surface area contributed by atoms with Gasteiger partial charge in [-0.05, 0) is 125 Å². The Bertz CT molecular complexity index is 3360. The summed E-state index contributed by atoms with van der Waals surface area (Å²) in [5.74, 6) is 0.930. The van der Waals surface area contributed by atoms with Crippen LogP contribution in [0.25, 0.3) is 42.4 Å². The van der Waals surface area contributed by atoms with Crippen molar-refractivity contribution in [2.75, 3.05) is 16.4 Å². The highest BCUT2D eigenvalue weighted by Gasteiger charge is 2.50. The first-order chi connectivity index (χ1) is 32.2. The van der Waals surface area contributed by atoms with Gasteiger partial charge in [-0.1, -0.05) is 158 Å². The number of thiophene rings is 1. The zero-order valence-electron chi connectivity index (χ0n) is 35.9. The molecule has 1 aliphatic heterocycles. The highest BCUT2D eigenvalue weighted by atomic mass is 32.1. The van der Waals surface area contributed by atoms with Crippen LogP contribution >= 0.6 is 11.3 Å². The van der Waals surface area contributed by atoms with Crippen LogP contribution in [0.1, 0.15) is 23.6 Å². The summed E-state index contributed by atoms with van der Waals surface area (Å²) in [6.45, 7) is 2.61. The lowest BCUT2D eigenvalue weighted by Crippen LogP contribution is -2.37. The minimum Gasteiger partial charge on any atom is -0.489 e. The standard InChI is InChI=1S/C61H44N2OS/c1-2-44(38-43-41-64-57-32-18-17-31-56(57)61(43)54-29-15-12-26-50(54)51-27-13-16-30-55(51)61)62(45-20-6-3-7-21-45)49-39-53(60-52-28-14-19-33-58(52)65-59(60)40-49)42-34-36-48(37-35-42)63(46-22-8-4-9-23-46)47-24-10-5-11-25-47/h2-40H,41H2,1H3/b43-38+,44-2+. The normalized spacial score (nSPS) is 14.2. The number of hydrogen-bond acceptors (Lipinski definition) is 4. The molecule has 1 aromatic heterocycles. The highest BCUT2D eigenvalue weighted by Crippen LogP contribution is 2.60. The topological polar surface area (TPSA) is 15.7 Å². The number of para-hydroxylation sites is 4. The monoisotopic (exact) mass is 852 g/mol. The summed E-state index contributed by atoms with van der Waals surface area (Å²) in [5, 5.41) is 2.54. The van der Waals surface area contributed by atoms with Crippen LogP contribution in [-0.4, -0.2) is 6.61 Å². The Morgan fingerprint density at radius 1 is 0.492 bits per heavy atom. The molecule has 310 valence electrons.